The van der Waals surface area contributed by atoms with E-state index in [1.54, 1.807) is 0 Å². The van der Waals surface area contributed by atoms with Crippen LogP contribution < -0.4 is 0 Å². The highest BCUT2D eigenvalue weighted by Gasteiger charge is 2.10. The van der Waals surface area contributed by atoms with Gasteiger partial charge in [0.2, 0.25) is 0 Å². The lowest BCUT2D eigenvalue weighted by Gasteiger charge is -2.22. The SMILES string of the molecule is Cc1cc(CC2=CCCN(C)C2)on1. The number of nitrogens with zero attached hydrogens (tertiary/aromatic N) is 2. The van der Waals surface area contributed by atoms with E-state index in [1.165, 1.54) is 12.1 Å². The van der Waals surface area contributed by atoms with Crippen LogP contribution in [0.4, 0.5) is 0 Å². The summed E-state index contributed by atoms with van der Waals surface area (Å²) in [4.78, 5) is 2.33. The second-order valence-corrected chi connectivity index (χ2v) is 4.00. The third-order valence-electron chi connectivity index (χ3n) is 2.49. The largest absolute Gasteiger partial charge is 0.361 e. The van der Waals surface area contributed by atoms with E-state index in [-0.39, 0.29) is 0 Å². The van der Waals surface area contributed by atoms with E-state index in [0.29, 0.717) is 0 Å². The highest BCUT2D eigenvalue weighted by molar-refractivity contribution is 5.17. The van der Waals surface area contributed by atoms with Crippen LogP contribution in [0.5, 0.6) is 0 Å². The van der Waals surface area contributed by atoms with Gasteiger partial charge in [0.05, 0.1) is 5.69 Å². The Morgan fingerprint density at radius 1 is 1.57 bits per heavy atom. The second-order valence-electron chi connectivity index (χ2n) is 4.00. The van der Waals surface area contributed by atoms with Crippen molar-refractivity contribution in [2.24, 2.45) is 0 Å². The molecular formula is C11H16N2O. The molecule has 0 bridgehead atoms. The van der Waals surface area contributed by atoms with Gasteiger partial charge in [-0.25, -0.2) is 0 Å². The van der Waals surface area contributed by atoms with Crippen molar-refractivity contribution >= 4 is 0 Å². The monoisotopic (exact) mass is 192 g/mol. The van der Waals surface area contributed by atoms with Crippen molar-refractivity contribution in [3.63, 3.8) is 0 Å². The molecule has 0 amide bonds. The molecule has 0 atom stereocenters. The molecule has 0 aromatic carbocycles. The minimum Gasteiger partial charge on any atom is -0.361 e. The Bertz CT molecular complexity index is 341. The maximum absolute atomic E-state index is 5.19. The normalized spacial score (nSPS) is 18.3. The molecule has 0 saturated carbocycles. The lowest BCUT2D eigenvalue weighted by molar-refractivity contribution is 0.342. The fraction of sp³-hybridized carbons (Fsp3) is 0.545. The van der Waals surface area contributed by atoms with Crippen LogP contribution in [0.25, 0.3) is 0 Å². The maximum Gasteiger partial charge on any atom is 0.141 e. The summed E-state index contributed by atoms with van der Waals surface area (Å²) < 4.78 is 5.19. The van der Waals surface area contributed by atoms with Crippen molar-refractivity contribution in [3.05, 3.63) is 29.2 Å². The summed E-state index contributed by atoms with van der Waals surface area (Å²) in [5, 5.41) is 3.89. The van der Waals surface area contributed by atoms with Crippen LogP contribution >= 0.6 is 0 Å². The molecule has 0 saturated heterocycles. The summed E-state index contributed by atoms with van der Waals surface area (Å²) in [6, 6.07) is 2.01. The number of aryl methyl sites for hydroxylation is 1. The molecular weight excluding hydrogens is 176 g/mol. The van der Waals surface area contributed by atoms with Crippen molar-refractivity contribution in [2.45, 2.75) is 19.8 Å². The molecule has 1 aromatic heterocycles. The summed E-state index contributed by atoms with van der Waals surface area (Å²) in [6.07, 6.45) is 4.38. The highest BCUT2D eigenvalue weighted by atomic mass is 16.5. The average Bonchev–Trinajstić information content (AvgIpc) is 2.51. The minimum absolute atomic E-state index is 0.908. The molecule has 2 heterocycles. The van der Waals surface area contributed by atoms with Gasteiger partial charge < -0.3 is 9.42 Å². The first-order valence-corrected chi connectivity index (χ1v) is 5.02. The smallest absolute Gasteiger partial charge is 0.141 e. The van der Waals surface area contributed by atoms with Crippen LogP contribution in [-0.4, -0.2) is 30.2 Å². The van der Waals surface area contributed by atoms with Gasteiger partial charge in [0.1, 0.15) is 5.76 Å². The Morgan fingerprint density at radius 2 is 2.43 bits per heavy atom. The second kappa shape index (κ2) is 3.96. The summed E-state index contributed by atoms with van der Waals surface area (Å²) in [6.45, 7) is 4.17. The number of hydrogen-bond donors (Lipinski definition) is 0. The van der Waals surface area contributed by atoms with E-state index in [1.807, 2.05) is 13.0 Å². The number of aromatic nitrogens is 1. The first-order chi connectivity index (χ1) is 6.74. The number of likely N-dealkylation sites (N-methyl/N-ethyl adjacent to an activating group) is 1. The number of rotatable bonds is 2. The van der Waals surface area contributed by atoms with Crippen LogP contribution in [0.1, 0.15) is 17.9 Å². The molecule has 2 rings (SSSR count). The lowest BCUT2D eigenvalue weighted by Crippen LogP contribution is -2.26. The first kappa shape index (κ1) is 9.46. The minimum atomic E-state index is 0.908. The van der Waals surface area contributed by atoms with Crippen molar-refractivity contribution in [1.29, 1.82) is 0 Å². The van der Waals surface area contributed by atoms with Crippen LogP contribution in [0.15, 0.2) is 22.2 Å². The Hall–Kier alpha value is -1.09. The molecule has 0 N–H and O–H groups in total. The molecule has 1 aliphatic rings. The third-order valence-corrected chi connectivity index (χ3v) is 2.49. The molecule has 3 nitrogen and oxygen atoms in total. The Balaban J connectivity index is 2.00. The van der Waals surface area contributed by atoms with Gasteiger partial charge in [-0.15, -0.1) is 0 Å². The van der Waals surface area contributed by atoms with Gasteiger partial charge in [-0.2, -0.15) is 0 Å². The molecule has 1 aliphatic heterocycles. The predicted molar refractivity (Wildman–Crippen MR) is 55.1 cm³/mol. The van der Waals surface area contributed by atoms with E-state index < -0.39 is 0 Å². The van der Waals surface area contributed by atoms with Crippen LogP contribution in [-0.2, 0) is 6.42 Å². The summed E-state index contributed by atoms with van der Waals surface area (Å²) in [5.41, 5.74) is 2.40. The molecule has 0 fully saturated rings. The molecule has 0 radical (unpaired) electrons. The maximum atomic E-state index is 5.19. The Labute approximate surface area is 84.4 Å². The zero-order valence-corrected chi connectivity index (χ0v) is 8.79. The van der Waals surface area contributed by atoms with Crippen molar-refractivity contribution < 1.29 is 4.52 Å². The quantitative estimate of drug-likeness (QED) is 0.669. The highest BCUT2D eigenvalue weighted by Crippen LogP contribution is 2.14. The fourth-order valence-electron chi connectivity index (χ4n) is 1.83. The van der Waals surface area contributed by atoms with Crippen molar-refractivity contribution in [1.82, 2.24) is 10.1 Å². The molecule has 3 heteroatoms. The van der Waals surface area contributed by atoms with Gasteiger partial charge in [0, 0.05) is 25.6 Å². The number of hydrogen-bond acceptors (Lipinski definition) is 3. The summed E-state index contributed by atoms with van der Waals surface area (Å²) >= 11 is 0. The van der Waals surface area contributed by atoms with Crippen molar-refractivity contribution in [2.75, 3.05) is 20.1 Å². The third kappa shape index (κ3) is 2.23. The molecule has 0 aliphatic carbocycles. The van der Waals surface area contributed by atoms with Gasteiger partial charge in [-0.3, -0.25) is 0 Å². The van der Waals surface area contributed by atoms with E-state index >= 15 is 0 Å². The molecule has 0 unspecified atom stereocenters. The van der Waals surface area contributed by atoms with Crippen LogP contribution in [0, 0.1) is 6.92 Å². The topological polar surface area (TPSA) is 29.3 Å². The molecule has 0 spiro atoms. The standard InChI is InChI=1S/C11H16N2O/c1-9-6-11(14-12-9)7-10-4-3-5-13(2)8-10/h4,6H,3,5,7-8H2,1-2H3. The van der Waals surface area contributed by atoms with E-state index in [4.69, 9.17) is 4.52 Å². The van der Waals surface area contributed by atoms with Gasteiger partial charge in [-0.1, -0.05) is 16.8 Å². The van der Waals surface area contributed by atoms with Gasteiger partial charge in [-0.05, 0) is 20.4 Å². The Morgan fingerprint density at radius 3 is 3.07 bits per heavy atom. The van der Waals surface area contributed by atoms with Gasteiger partial charge in [0.15, 0.2) is 0 Å². The van der Waals surface area contributed by atoms with Crippen LogP contribution in [0.2, 0.25) is 0 Å². The Kier molecular flexibility index (Phi) is 2.68. The average molecular weight is 192 g/mol. The zero-order chi connectivity index (χ0) is 9.97. The fourth-order valence-corrected chi connectivity index (χ4v) is 1.83. The molecule has 1 aromatic rings. The van der Waals surface area contributed by atoms with E-state index in [0.717, 1.165) is 30.8 Å². The van der Waals surface area contributed by atoms with E-state index in [9.17, 15) is 0 Å². The summed E-state index contributed by atoms with van der Waals surface area (Å²) in [5.74, 6) is 0.976. The van der Waals surface area contributed by atoms with Gasteiger partial charge in [0.25, 0.3) is 0 Å². The zero-order valence-electron chi connectivity index (χ0n) is 8.79. The summed E-state index contributed by atoms with van der Waals surface area (Å²) in [7, 11) is 2.15. The molecule has 14 heavy (non-hydrogen) atoms. The molecule has 76 valence electrons. The van der Waals surface area contributed by atoms with Crippen LogP contribution in [0.3, 0.4) is 0 Å². The first-order valence-electron chi connectivity index (χ1n) is 5.02. The van der Waals surface area contributed by atoms with E-state index in [2.05, 4.69) is 23.2 Å². The van der Waals surface area contributed by atoms with Crippen molar-refractivity contribution in [3.8, 4) is 0 Å². The predicted octanol–water partition coefficient (Wildman–Crippen LogP) is 1.79. The van der Waals surface area contributed by atoms with Gasteiger partial charge >= 0.3 is 0 Å². The lowest BCUT2D eigenvalue weighted by atomic mass is 10.1.